The molecule has 2 amide bonds. The Hall–Kier alpha value is -0.460. The lowest BCUT2D eigenvalue weighted by atomic mass is 9.81. The average molecular weight is 452 g/mol. The number of carbonyl (C=O) groups excluding carboxylic acids is 2. The molecule has 3 aliphatic rings. The minimum atomic E-state index is -0.564. The number of imide groups is 1. The van der Waals surface area contributed by atoms with Crippen molar-refractivity contribution in [2.24, 2.45) is 23.7 Å². The second-order valence-electron chi connectivity index (χ2n) is 6.11. The maximum Gasteiger partial charge on any atom is 0.238 e. The third-order valence-corrected chi connectivity index (χ3v) is 8.64. The predicted molar refractivity (Wildman–Crippen MR) is 87.9 cm³/mol. The van der Waals surface area contributed by atoms with Gasteiger partial charge in [0.15, 0.2) is 0 Å². The van der Waals surface area contributed by atoms with Crippen LogP contribution in [-0.4, -0.2) is 21.5 Å². The molecule has 1 saturated heterocycles. The van der Waals surface area contributed by atoms with E-state index < -0.39 is 5.82 Å². The minimum Gasteiger partial charge on any atom is -0.274 e. The highest BCUT2D eigenvalue weighted by molar-refractivity contribution is 9.12. The molecule has 2 aliphatic carbocycles. The minimum absolute atomic E-state index is 0.0881. The van der Waals surface area contributed by atoms with Crippen LogP contribution in [0.3, 0.4) is 0 Å². The maximum atomic E-state index is 13.3. The van der Waals surface area contributed by atoms with Gasteiger partial charge in [-0.3, -0.25) is 9.59 Å². The van der Waals surface area contributed by atoms with Crippen LogP contribution in [-0.2, 0) is 9.59 Å². The lowest BCUT2D eigenvalue weighted by Crippen LogP contribution is -2.37. The summed E-state index contributed by atoms with van der Waals surface area (Å²) in [6, 6.07) is 3.95. The summed E-state index contributed by atoms with van der Waals surface area (Å²) in [7, 11) is 0. The van der Waals surface area contributed by atoms with Gasteiger partial charge in [-0.15, -0.1) is 0 Å². The molecule has 4 rings (SSSR count). The van der Waals surface area contributed by atoms with Gasteiger partial charge >= 0.3 is 0 Å². The molecule has 0 aromatic heterocycles. The van der Waals surface area contributed by atoms with Crippen molar-refractivity contribution in [2.45, 2.75) is 16.1 Å². The zero-order valence-electron chi connectivity index (χ0n) is 11.2. The summed E-state index contributed by atoms with van der Waals surface area (Å²) in [6.45, 7) is 0. The van der Waals surface area contributed by atoms with Crippen molar-refractivity contribution in [2.75, 3.05) is 4.90 Å². The Labute approximate surface area is 148 Å². The highest BCUT2D eigenvalue weighted by atomic mass is 79.9. The van der Waals surface area contributed by atoms with Gasteiger partial charge in [-0.05, 0) is 36.5 Å². The van der Waals surface area contributed by atoms with Gasteiger partial charge in [0.2, 0.25) is 11.8 Å². The first kappa shape index (κ1) is 15.1. The van der Waals surface area contributed by atoms with Crippen molar-refractivity contribution >= 4 is 61.0 Å². The third-order valence-electron chi connectivity index (χ3n) is 5.15. The zero-order chi connectivity index (χ0) is 15.8. The van der Waals surface area contributed by atoms with Crippen LogP contribution >= 0.6 is 43.5 Å². The summed E-state index contributed by atoms with van der Waals surface area (Å²) in [6.07, 6.45) is 0.886. The number of carbonyl (C=O) groups is 2. The number of anilines is 1. The monoisotopic (exact) mass is 449 g/mol. The lowest BCUT2D eigenvalue weighted by molar-refractivity contribution is -0.123. The fraction of sp³-hybridized carbons (Fsp3) is 0.467. The van der Waals surface area contributed by atoms with Crippen LogP contribution in [0.4, 0.5) is 10.1 Å². The summed E-state index contributed by atoms with van der Waals surface area (Å²) < 4.78 is 13.3. The number of hydrogen-bond donors (Lipinski definition) is 0. The van der Waals surface area contributed by atoms with Crippen molar-refractivity contribution in [3.8, 4) is 0 Å². The molecule has 2 saturated carbocycles. The summed E-state index contributed by atoms with van der Waals surface area (Å²) in [5, 5.41) is -0.0881. The van der Waals surface area contributed by atoms with Gasteiger partial charge in [-0.1, -0.05) is 43.5 Å². The van der Waals surface area contributed by atoms with Crippen LogP contribution < -0.4 is 4.90 Å². The average Bonchev–Trinajstić information content (AvgIpc) is 3.08. The Morgan fingerprint density at radius 3 is 2.14 bits per heavy atom. The SMILES string of the molecule is O=C1[C@@H]2[C@H]3C[C@@H]([C@@H](Br)[C@H]3Br)[C@H]2C(=O)N1c1ccc(F)c(Cl)c1. The number of benzene rings is 1. The molecule has 7 heteroatoms. The van der Waals surface area contributed by atoms with E-state index in [1.807, 2.05) is 0 Å². The van der Waals surface area contributed by atoms with Crippen molar-refractivity contribution in [1.29, 1.82) is 0 Å². The molecular formula is C15H11Br2ClFNO2. The summed E-state index contributed by atoms with van der Waals surface area (Å²) in [4.78, 5) is 27.1. The summed E-state index contributed by atoms with van der Waals surface area (Å²) >= 11 is 13.1. The molecule has 6 atom stereocenters. The molecule has 2 bridgehead atoms. The normalized spacial score (nSPS) is 39.7. The Morgan fingerprint density at radius 2 is 1.64 bits per heavy atom. The molecule has 0 unspecified atom stereocenters. The summed E-state index contributed by atoms with van der Waals surface area (Å²) in [5.41, 5.74) is 0.354. The number of fused-ring (bicyclic) bond motifs is 5. The van der Waals surface area contributed by atoms with E-state index in [1.165, 1.54) is 23.1 Å². The number of rotatable bonds is 1. The number of hydrogen-bond acceptors (Lipinski definition) is 2. The van der Waals surface area contributed by atoms with Crippen molar-refractivity contribution < 1.29 is 14.0 Å². The zero-order valence-corrected chi connectivity index (χ0v) is 15.1. The molecule has 22 heavy (non-hydrogen) atoms. The first-order valence-electron chi connectivity index (χ1n) is 7.03. The van der Waals surface area contributed by atoms with Crippen LogP contribution in [0.2, 0.25) is 5.02 Å². The predicted octanol–water partition coefficient (Wildman–Crippen LogP) is 3.76. The molecule has 1 heterocycles. The van der Waals surface area contributed by atoms with Gasteiger partial charge in [0.1, 0.15) is 5.82 Å². The van der Waals surface area contributed by atoms with Crippen LogP contribution in [0.25, 0.3) is 0 Å². The first-order valence-corrected chi connectivity index (χ1v) is 9.23. The molecule has 1 aromatic carbocycles. The third kappa shape index (κ3) is 1.83. The van der Waals surface area contributed by atoms with Gasteiger partial charge in [0.05, 0.1) is 22.5 Å². The van der Waals surface area contributed by atoms with E-state index in [0.717, 1.165) is 6.42 Å². The van der Waals surface area contributed by atoms with Crippen molar-refractivity contribution in [3.05, 3.63) is 29.0 Å². The topological polar surface area (TPSA) is 37.4 Å². The Balaban J connectivity index is 1.74. The van der Waals surface area contributed by atoms with E-state index in [-0.39, 0.29) is 50.2 Å². The maximum absolute atomic E-state index is 13.3. The molecular weight excluding hydrogens is 440 g/mol. The van der Waals surface area contributed by atoms with E-state index in [0.29, 0.717) is 5.69 Å². The standard InChI is InChI=1S/C15H11Br2ClFNO2/c16-12-6-4-7(13(12)17)11-10(6)14(21)20(15(11)22)5-1-2-9(19)8(18)3-5/h1-3,6-7,10-13H,4H2/t6-,7-,10-,11-,12-,13+/m1/s1. The molecule has 0 N–H and O–H groups in total. The van der Waals surface area contributed by atoms with Gasteiger partial charge in [0.25, 0.3) is 0 Å². The Morgan fingerprint density at radius 1 is 1.09 bits per heavy atom. The quantitative estimate of drug-likeness (QED) is 0.482. The number of alkyl halides is 2. The highest BCUT2D eigenvalue weighted by Crippen LogP contribution is 2.60. The fourth-order valence-corrected chi connectivity index (χ4v) is 6.28. The molecule has 0 radical (unpaired) electrons. The van der Waals surface area contributed by atoms with Gasteiger partial charge in [-0.25, -0.2) is 9.29 Å². The van der Waals surface area contributed by atoms with E-state index in [1.54, 1.807) is 0 Å². The van der Waals surface area contributed by atoms with Gasteiger partial charge in [0, 0.05) is 9.65 Å². The molecule has 3 fully saturated rings. The van der Waals surface area contributed by atoms with Crippen LogP contribution in [0.1, 0.15) is 6.42 Å². The van der Waals surface area contributed by atoms with Crippen LogP contribution in [0, 0.1) is 29.5 Å². The van der Waals surface area contributed by atoms with Crippen LogP contribution in [0.15, 0.2) is 18.2 Å². The lowest BCUT2D eigenvalue weighted by Gasteiger charge is -2.28. The van der Waals surface area contributed by atoms with E-state index in [9.17, 15) is 14.0 Å². The number of nitrogens with zero attached hydrogens (tertiary/aromatic N) is 1. The van der Waals surface area contributed by atoms with Crippen LogP contribution in [0.5, 0.6) is 0 Å². The number of halogens is 4. The first-order chi connectivity index (χ1) is 10.4. The molecule has 1 aromatic rings. The number of amides is 2. The molecule has 3 nitrogen and oxygen atoms in total. The second-order valence-corrected chi connectivity index (χ2v) is 8.64. The van der Waals surface area contributed by atoms with Gasteiger partial charge in [-0.2, -0.15) is 0 Å². The van der Waals surface area contributed by atoms with E-state index in [4.69, 9.17) is 11.6 Å². The summed E-state index contributed by atoms with van der Waals surface area (Å²) in [5.74, 6) is -1.17. The fourth-order valence-electron chi connectivity index (χ4n) is 4.23. The Kier molecular flexibility index (Phi) is 3.44. The largest absolute Gasteiger partial charge is 0.274 e. The second kappa shape index (κ2) is 5.02. The van der Waals surface area contributed by atoms with E-state index >= 15 is 0 Å². The van der Waals surface area contributed by atoms with Crippen molar-refractivity contribution in [3.63, 3.8) is 0 Å². The smallest absolute Gasteiger partial charge is 0.238 e. The van der Waals surface area contributed by atoms with E-state index in [2.05, 4.69) is 31.9 Å². The highest BCUT2D eigenvalue weighted by Gasteiger charge is 2.66. The Bertz CT molecular complexity index is 668. The molecule has 116 valence electrons. The molecule has 0 spiro atoms. The van der Waals surface area contributed by atoms with Crippen molar-refractivity contribution in [1.82, 2.24) is 0 Å². The molecule has 1 aliphatic heterocycles. The van der Waals surface area contributed by atoms with Gasteiger partial charge < -0.3 is 0 Å².